The van der Waals surface area contributed by atoms with Gasteiger partial charge in [0, 0.05) is 10.8 Å². The van der Waals surface area contributed by atoms with E-state index in [0.29, 0.717) is 6.54 Å². The van der Waals surface area contributed by atoms with Crippen molar-refractivity contribution in [2.75, 3.05) is 0 Å². The molecule has 1 fully saturated rings. The number of aryl methyl sites for hydroxylation is 2. The summed E-state index contributed by atoms with van der Waals surface area (Å²) in [5, 5.41) is 4.10. The summed E-state index contributed by atoms with van der Waals surface area (Å²) in [6.45, 7) is 4.65. The second-order valence-electron chi connectivity index (χ2n) is 4.44. The topological polar surface area (TPSA) is 42.0 Å². The van der Waals surface area contributed by atoms with Crippen LogP contribution in [0, 0.1) is 19.8 Å². The number of amides is 1. The molecule has 88 valence electrons. The minimum atomic E-state index is 0.225. The van der Waals surface area contributed by atoms with Crippen LogP contribution in [0.1, 0.15) is 41.3 Å². The van der Waals surface area contributed by atoms with Gasteiger partial charge in [0.2, 0.25) is 5.91 Å². The summed E-state index contributed by atoms with van der Waals surface area (Å²) >= 11 is 1.67. The molecule has 4 heteroatoms. The zero-order chi connectivity index (χ0) is 11.5. The fourth-order valence-corrected chi connectivity index (χ4v) is 3.11. The number of carbonyl (C=O) groups is 1. The van der Waals surface area contributed by atoms with Gasteiger partial charge >= 0.3 is 0 Å². The van der Waals surface area contributed by atoms with E-state index in [-0.39, 0.29) is 11.8 Å². The third-order valence-corrected chi connectivity index (χ3v) is 4.22. The highest BCUT2D eigenvalue weighted by atomic mass is 32.1. The summed E-state index contributed by atoms with van der Waals surface area (Å²) in [5.41, 5.74) is 1.05. The molecule has 0 atom stereocenters. The lowest BCUT2D eigenvalue weighted by Gasteiger charge is -2.09. The highest BCUT2D eigenvalue weighted by Gasteiger charge is 2.22. The number of aromatic nitrogens is 1. The van der Waals surface area contributed by atoms with Crippen LogP contribution in [0.15, 0.2) is 0 Å². The molecular formula is C12H18N2OS. The van der Waals surface area contributed by atoms with E-state index in [2.05, 4.69) is 10.3 Å². The molecule has 16 heavy (non-hydrogen) atoms. The Kier molecular flexibility index (Phi) is 3.59. The minimum Gasteiger partial charge on any atom is -0.351 e. The monoisotopic (exact) mass is 238 g/mol. The number of carbonyl (C=O) groups excluding carboxylic acids is 1. The van der Waals surface area contributed by atoms with Gasteiger partial charge in [0.05, 0.1) is 17.2 Å². The van der Waals surface area contributed by atoms with Gasteiger partial charge in [0.1, 0.15) is 0 Å². The standard InChI is InChI=1S/C12H18N2OS/c1-8-11(16-9(2)14-8)7-13-12(15)10-5-3-4-6-10/h10H,3-7H2,1-2H3,(H,13,15). The predicted octanol–water partition coefficient (Wildman–Crippen LogP) is 2.57. The maximum Gasteiger partial charge on any atom is 0.223 e. The maximum absolute atomic E-state index is 11.8. The lowest BCUT2D eigenvalue weighted by Crippen LogP contribution is -2.28. The van der Waals surface area contributed by atoms with Gasteiger partial charge in [-0.25, -0.2) is 4.98 Å². The van der Waals surface area contributed by atoms with Crippen LogP contribution >= 0.6 is 11.3 Å². The van der Waals surface area contributed by atoms with Gasteiger partial charge in [-0.05, 0) is 26.7 Å². The molecule has 1 N–H and O–H groups in total. The number of rotatable bonds is 3. The van der Waals surface area contributed by atoms with Crippen molar-refractivity contribution < 1.29 is 4.79 Å². The van der Waals surface area contributed by atoms with Crippen molar-refractivity contribution >= 4 is 17.2 Å². The molecular weight excluding hydrogens is 220 g/mol. The average molecular weight is 238 g/mol. The molecule has 1 saturated carbocycles. The van der Waals surface area contributed by atoms with Crippen molar-refractivity contribution in [3.8, 4) is 0 Å². The summed E-state index contributed by atoms with van der Waals surface area (Å²) in [6.07, 6.45) is 4.53. The SMILES string of the molecule is Cc1nc(C)c(CNC(=O)C2CCCC2)s1. The Balaban J connectivity index is 1.87. The van der Waals surface area contributed by atoms with Gasteiger partial charge in [0.25, 0.3) is 0 Å². The lowest BCUT2D eigenvalue weighted by atomic mass is 10.1. The van der Waals surface area contributed by atoms with Crippen molar-refractivity contribution in [3.63, 3.8) is 0 Å². The van der Waals surface area contributed by atoms with E-state index in [0.717, 1.165) is 23.5 Å². The Morgan fingerprint density at radius 2 is 2.12 bits per heavy atom. The van der Waals surface area contributed by atoms with E-state index in [1.165, 1.54) is 17.7 Å². The Morgan fingerprint density at radius 1 is 1.44 bits per heavy atom. The zero-order valence-corrected chi connectivity index (χ0v) is 10.7. The molecule has 0 spiro atoms. The molecule has 1 aromatic rings. The second kappa shape index (κ2) is 4.95. The van der Waals surface area contributed by atoms with Crippen LogP contribution in [-0.4, -0.2) is 10.9 Å². The molecule has 0 unspecified atom stereocenters. The van der Waals surface area contributed by atoms with Crippen LogP contribution in [0.3, 0.4) is 0 Å². The fraction of sp³-hybridized carbons (Fsp3) is 0.667. The molecule has 1 heterocycles. The largest absolute Gasteiger partial charge is 0.351 e. The van der Waals surface area contributed by atoms with Crippen LogP contribution < -0.4 is 5.32 Å². The molecule has 0 aliphatic heterocycles. The summed E-state index contributed by atoms with van der Waals surface area (Å²) in [6, 6.07) is 0. The van der Waals surface area contributed by atoms with Crippen molar-refractivity contribution in [1.29, 1.82) is 0 Å². The van der Waals surface area contributed by atoms with E-state index in [1.54, 1.807) is 11.3 Å². The van der Waals surface area contributed by atoms with Crippen LogP contribution in [0.4, 0.5) is 0 Å². The summed E-state index contributed by atoms with van der Waals surface area (Å²) in [4.78, 5) is 17.3. The van der Waals surface area contributed by atoms with Crippen LogP contribution in [0.25, 0.3) is 0 Å². The van der Waals surface area contributed by atoms with Crippen molar-refractivity contribution in [2.24, 2.45) is 5.92 Å². The molecule has 0 bridgehead atoms. The van der Waals surface area contributed by atoms with E-state index < -0.39 is 0 Å². The molecule has 1 amide bonds. The van der Waals surface area contributed by atoms with Crippen LogP contribution in [0.5, 0.6) is 0 Å². The van der Waals surface area contributed by atoms with E-state index >= 15 is 0 Å². The number of hydrogen-bond acceptors (Lipinski definition) is 3. The molecule has 1 aromatic heterocycles. The number of hydrogen-bond donors (Lipinski definition) is 1. The molecule has 0 saturated heterocycles. The Hall–Kier alpha value is -0.900. The highest BCUT2D eigenvalue weighted by molar-refractivity contribution is 7.11. The van der Waals surface area contributed by atoms with E-state index in [4.69, 9.17) is 0 Å². The van der Waals surface area contributed by atoms with Gasteiger partial charge in [-0.3, -0.25) is 4.79 Å². The van der Waals surface area contributed by atoms with Gasteiger partial charge < -0.3 is 5.32 Å². The van der Waals surface area contributed by atoms with Crippen LogP contribution in [-0.2, 0) is 11.3 Å². The molecule has 3 nitrogen and oxygen atoms in total. The zero-order valence-electron chi connectivity index (χ0n) is 9.88. The third-order valence-electron chi connectivity index (χ3n) is 3.15. The quantitative estimate of drug-likeness (QED) is 0.879. The van der Waals surface area contributed by atoms with Gasteiger partial charge in [-0.15, -0.1) is 11.3 Å². The Bertz CT molecular complexity index is 380. The van der Waals surface area contributed by atoms with E-state index in [9.17, 15) is 4.79 Å². The molecule has 2 rings (SSSR count). The third kappa shape index (κ3) is 2.61. The Labute approximate surface area is 100 Å². The first-order valence-corrected chi connectivity index (χ1v) is 6.69. The fourth-order valence-electron chi connectivity index (χ4n) is 2.24. The van der Waals surface area contributed by atoms with Gasteiger partial charge in [-0.1, -0.05) is 12.8 Å². The number of nitrogens with one attached hydrogen (secondary N) is 1. The maximum atomic E-state index is 11.8. The normalized spacial score (nSPS) is 16.6. The smallest absolute Gasteiger partial charge is 0.223 e. The lowest BCUT2D eigenvalue weighted by molar-refractivity contribution is -0.124. The van der Waals surface area contributed by atoms with Gasteiger partial charge in [0.15, 0.2) is 0 Å². The number of thiazole rings is 1. The van der Waals surface area contributed by atoms with Crippen molar-refractivity contribution in [3.05, 3.63) is 15.6 Å². The second-order valence-corrected chi connectivity index (χ2v) is 5.73. The van der Waals surface area contributed by atoms with E-state index in [1.807, 2.05) is 13.8 Å². The highest BCUT2D eigenvalue weighted by Crippen LogP contribution is 2.25. The van der Waals surface area contributed by atoms with Crippen molar-refractivity contribution in [1.82, 2.24) is 10.3 Å². The average Bonchev–Trinajstić information content (AvgIpc) is 2.84. The molecule has 1 aliphatic carbocycles. The molecule has 1 aliphatic rings. The van der Waals surface area contributed by atoms with Gasteiger partial charge in [-0.2, -0.15) is 0 Å². The number of nitrogens with zero attached hydrogens (tertiary/aromatic N) is 1. The van der Waals surface area contributed by atoms with Crippen LogP contribution in [0.2, 0.25) is 0 Å². The predicted molar refractivity (Wildman–Crippen MR) is 65.4 cm³/mol. The molecule has 0 radical (unpaired) electrons. The molecule has 0 aromatic carbocycles. The Morgan fingerprint density at radius 3 is 2.69 bits per heavy atom. The first-order valence-electron chi connectivity index (χ1n) is 5.87. The first kappa shape index (κ1) is 11.6. The summed E-state index contributed by atoms with van der Waals surface area (Å²) in [5.74, 6) is 0.484. The minimum absolute atomic E-state index is 0.225. The van der Waals surface area contributed by atoms with Crippen molar-refractivity contribution in [2.45, 2.75) is 46.1 Å². The first-order chi connectivity index (χ1) is 7.66. The summed E-state index contributed by atoms with van der Waals surface area (Å²) < 4.78 is 0. The summed E-state index contributed by atoms with van der Waals surface area (Å²) in [7, 11) is 0.